The van der Waals surface area contributed by atoms with E-state index < -0.39 is 29.9 Å². The van der Waals surface area contributed by atoms with Gasteiger partial charge in [0.15, 0.2) is 0 Å². The number of aromatic nitrogens is 1. The molecule has 2 amide bonds. The van der Waals surface area contributed by atoms with Gasteiger partial charge in [-0.15, -0.1) is 0 Å². The first-order valence-corrected chi connectivity index (χ1v) is 9.10. The zero-order valence-electron chi connectivity index (χ0n) is 15.2. The van der Waals surface area contributed by atoms with Gasteiger partial charge in [0.25, 0.3) is 17.4 Å². The van der Waals surface area contributed by atoms with Crippen LogP contribution in [0.2, 0.25) is 0 Å². The van der Waals surface area contributed by atoms with Crippen molar-refractivity contribution in [1.29, 1.82) is 0 Å². The zero-order valence-corrected chi connectivity index (χ0v) is 15.2. The summed E-state index contributed by atoms with van der Waals surface area (Å²) in [7, 11) is 0. The monoisotopic (exact) mass is 383 g/mol. The van der Waals surface area contributed by atoms with Gasteiger partial charge in [0.1, 0.15) is 12.1 Å². The van der Waals surface area contributed by atoms with Crippen molar-refractivity contribution in [3.05, 3.63) is 63.1 Å². The second kappa shape index (κ2) is 8.51. The summed E-state index contributed by atoms with van der Waals surface area (Å²) in [5, 5.41) is 13.5. The molecule has 3 rings (SSSR count). The summed E-state index contributed by atoms with van der Waals surface area (Å²) in [6.45, 7) is -0.474. The van der Waals surface area contributed by atoms with Crippen LogP contribution in [0, 0.1) is 0 Å². The van der Waals surface area contributed by atoms with E-state index in [4.69, 9.17) is 5.11 Å². The first-order chi connectivity index (χ1) is 13.4. The number of anilines is 1. The fraction of sp³-hybridized carbons (Fsp3) is 0.300. The molecule has 0 aliphatic heterocycles. The second-order valence-electron chi connectivity index (χ2n) is 6.68. The molecular formula is C20H21N3O5. The molecule has 28 heavy (non-hydrogen) atoms. The number of aromatic amines is 1. The Balaban J connectivity index is 1.71. The van der Waals surface area contributed by atoms with E-state index in [1.807, 2.05) is 0 Å². The Bertz CT molecular complexity index is 963. The van der Waals surface area contributed by atoms with Crippen LogP contribution in [0.1, 0.15) is 51.2 Å². The van der Waals surface area contributed by atoms with Crippen molar-refractivity contribution in [2.75, 3.05) is 11.9 Å². The van der Waals surface area contributed by atoms with Crippen molar-refractivity contribution in [1.82, 2.24) is 10.3 Å². The Kier molecular flexibility index (Phi) is 5.88. The van der Waals surface area contributed by atoms with Crippen LogP contribution in [-0.2, 0) is 17.6 Å². The normalized spacial score (nSPS) is 13.1. The van der Waals surface area contributed by atoms with Gasteiger partial charge in [0, 0.05) is 16.9 Å². The minimum Gasteiger partial charge on any atom is -0.480 e. The summed E-state index contributed by atoms with van der Waals surface area (Å²) in [6, 6.07) is 7.64. The first-order valence-electron chi connectivity index (χ1n) is 9.10. The van der Waals surface area contributed by atoms with Crippen molar-refractivity contribution in [2.24, 2.45) is 0 Å². The van der Waals surface area contributed by atoms with Crippen LogP contribution in [0.15, 0.2) is 35.1 Å². The number of carboxylic acids is 1. The van der Waals surface area contributed by atoms with Crippen molar-refractivity contribution in [2.45, 2.75) is 32.1 Å². The largest absolute Gasteiger partial charge is 0.480 e. The summed E-state index contributed by atoms with van der Waals surface area (Å²) in [4.78, 5) is 49.9. The lowest BCUT2D eigenvalue weighted by molar-refractivity contribution is -0.135. The van der Waals surface area contributed by atoms with Crippen LogP contribution >= 0.6 is 0 Å². The summed E-state index contributed by atoms with van der Waals surface area (Å²) >= 11 is 0. The number of aryl methyl sites for hydroxylation is 2. The number of carbonyl (C=O) groups is 3. The second-order valence-corrected chi connectivity index (χ2v) is 6.68. The van der Waals surface area contributed by atoms with Crippen LogP contribution in [0.5, 0.6) is 0 Å². The maximum absolute atomic E-state index is 12.5. The lowest BCUT2D eigenvalue weighted by Gasteiger charge is -2.10. The van der Waals surface area contributed by atoms with Crippen LogP contribution < -0.4 is 16.2 Å². The summed E-state index contributed by atoms with van der Waals surface area (Å²) in [5.74, 6) is -2.18. The summed E-state index contributed by atoms with van der Waals surface area (Å²) < 4.78 is 0. The lowest BCUT2D eigenvalue weighted by Crippen LogP contribution is -2.29. The molecule has 1 aromatic carbocycles. The van der Waals surface area contributed by atoms with E-state index in [1.165, 1.54) is 24.3 Å². The lowest BCUT2D eigenvalue weighted by atomic mass is 10.1. The molecule has 8 heteroatoms. The number of carboxylic acid groups (broad SMARTS) is 1. The fourth-order valence-corrected chi connectivity index (χ4v) is 3.18. The molecule has 0 fully saturated rings. The average Bonchev–Trinajstić information content (AvgIpc) is 2.90. The molecule has 8 nitrogen and oxygen atoms in total. The number of fused-ring (bicyclic) bond motifs is 1. The molecule has 1 heterocycles. The predicted octanol–water partition coefficient (Wildman–Crippen LogP) is 1.71. The van der Waals surface area contributed by atoms with Crippen molar-refractivity contribution in [3.63, 3.8) is 0 Å². The highest BCUT2D eigenvalue weighted by molar-refractivity contribution is 6.04. The van der Waals surface area contributed by atoms with Gasteiger partial charge < -0.3 is 20.7 Å². The third kappa shape index (κ3) is 4.64. The van der Waals surface area contributed by atoms with E-state index in [1.54, 1.807) is 6.07 Å². The molecule has 4 N–H and O–H groups in total. The van der Waals surface area contributed by atoms with Gasteiger partial charge in [0.05, 0.1) is 0 Å². The van der Waals surface area contributed by atoms with Gasteiger partial charge >= 0.3 is 5.97 Å². The summed E-state index contributed by atoms with van der Waals surface area (Å²) in [6.07, 6.45) is 4.82. The molecule has 1 aliphatic rings. The minimum absolute atomic E-state index is 0.0592. The average molecular weight is 383 g/mol. The van der Waals surface area contributed by atoms with Gasteiger partial charge in [-0.1, -0.05) is 6.42 Å². The molecule has 0 bridgehead atoms. The number of hydrogen-bond donors (Lipinski definition) is 4. The Hall–Kier alpha value is -3.42. The van der Waals surface area contributed by atoms with E-state index in [0.29, 0.717) is 5.69 Å². The van der Waals surface area contributed by atoms with Gasteiger partial charge in [-0.05, 0) is 61.6 Å². The maximum Gasteiger partial charge on any atom is 0.322 e. The third-order valence-corrected chi connectivity index (χ3v) is 4.64. The van der Waals surface area contributed by atoms with Crippen LogP contribution in [0.3, 0.4) is 0 Å². The SMILES string of the molecule is O=C(O)CNC(=O)c1ccc(NC(=O)c2cc3c([nH]c2=O)CCCCC3)cc1. The topological polar surface area (TPSA) is 128 Å². The number of pyridine rings is 1. The first kappa shape index (κ1) is 19.3. The molecule has 0 atom stereocenters. The van der Waals surface area contributed by atoms with Gasteiger partial charge in [0.2, 0.25) is 0 Å². The summed E-state index contributed by atoms with van der Waals surface area (Å²) in [5.41, 5.74) is 2.26. The molecular weight excluding hydrogens is 362 g/mol. The highest BCUT2D eigenvalue weighted by Crippen LogP contribution is 2.19. The molecule has 0 saturated heterocycles. The molecule has 0 radical (unpaired) electrons. The number of amides is 2. The van der Waals surface area contributed by atoms with E-state index >= 15 is 0 Å². The van der Waals surface area contributed by atoms with Crippen molar-refractivity contribution >= 4 is 23.5 Å². The van der Waals surface area contributed by atoms with E-state index in [-0.39, 0.29) is 11.1 Å². The standard InChI is InChI=1S/C20H21N3O5/c24-17(25)11-21-18(26)12-6-8-14(9-7-12)22-19(27)15-10-13-4-2-1-3-5-16(13)23-20(15)28/h6-10H,1-5,11H2,(H,21,26)(H,22,27)(H,23,28)(H,24,25). The Morgan fingerprint density at radius 3 is 2.43 bits per heavy atom. The fourth-order valence-electron chi connectivity index (χ4n) is 3.18. The molecule has 1 aromatic heterocycles. The van der Waals surface area contributed by atoms with Gasteiger partial charge in [-0.3, -0.25) is 19.2 Å². The van der Waals surface area contributed by atoms with Crippen molar-refractivity contribution in [3.8, 4) is 0 Å². The zero-order chi connectivity index (χ0) is 20.1. The smallest absolute Gasteiger partial charge is 0.322 e. The third-order valence-electron chi connectivity index (χ3n) is 4.64. The van der Waals surface area contributed by atoms with E-state index in [0.717, 1.165) is 43.4 Å². The van der Waals surface area contributed by atoms with Crippen molar-refractivity contribution < 1.29 is 19.5 Å². The number of carbonyl (C=O) groups excluding carboxylic acids is 2. The van der Waals surface area contributed by atoms with Gasteiger partial charge in [-0.25, -0.2) is 0 Å². The molecule has 0 spiro atoms. The molecule has 0 saturated carbocycles. The Morgan fingerprint density at radius 2 is 1.71 bits per heavy atom. The van der Waals surface area contributed by atoms with Crippen LogP contribution in [0.4, 0.5) is 5.69 Å². The van der Waals surface area contributed by atoms with E-state index in [2.05, 4.69) is 15.6 Å². The molecule has 146 valence electrons. The predicted molar refractivity (Wildman–Crippen MR) is 103 cm³/mol. The Morgan fingerprint density at radius 1 is 1.00 bits per heavy atom. The number of hydrogen-bond acceptors (Lipinski definition) is 4. The van der Waals surface area contributed by atoms with E-state index in [9.17, 15) is 19.2 Å². The van der Waals surface area contributed by atoms with Crippen LogP contribution in [-0.4, -0.2) is 34.4 Å². The number of benzene rings is 1. The number of rotatable bonds is 5. The number of nitrogens with one attached hydrogen (secondary N) is 3. The Labute approximate surface area is 161 Å². The van der Waals surface area contributed by atoms with Crippen LogP contribution in [0.25, 0.3) is 0 Å². The molecule has 1 aliphatic carbocycles. The molecule has 0 unspecified atom stereocenters. The quantitative estimate of drug-likeness (QED) is 0.584. The highest BCUT2D eigenvalue weighted by atomic mass is 16.4. The number of H-pyrrole nitrogens is 1. The minimum atomic E-state index is -1.14. The maximum atomic E-state index is 12.5. The molecule has 2 aromatic rings. The van der Waals surface area contributed by atoms with Gasteiger partial charge in [-0.2, -0.15) is 0 Å². The highest BCUT2D eigenvalue weighted by Gasteiger charge is 2.17. The number of aliphatic carboxylic acids is 1.